The van der Waals surface area contributed by atoms with Crippen LogP contribution in [0.4, 0.5) is 4.79 Å². The van der Waals surface area contributed by atoms with Gasteiger partial charge in [-0.3, -0.25) is 9.59 Å². The molecular weight excluding hydrogens is 488 g/mol. The van der Waals surface area contributed by atoms with E-state index in [0.717, 1.165) is 13.0 Å². The fraction of sp³-hybridized carbons (Fsp3) is 0.318. The van der Waals surface area contributed by atoms with Crippen molar-refractivity contribution in [1.29, 1.82) is 0 Å². The Kier molecular flexibility index (Phi) is 6.02. The second-order valence-electron chi connectivity index (χ2n) is 8.26. The predicted molar refractivity (Wildman–Crippen MR) is 113 cm³/mol. The molecule has 0 spiro atoms. The molecule has 9 N–H and O–H groups in total. The zero-order valence-corrected chi connectivity index (χ0v) is 18.2. The van der Waals surface area contributed by atoms with Crippen LogP contribution >= 0.6 is 0 Å². The molecule has 2 aromatic carbocycles. The van der Waals surface area contributed by atoms with Crippen molar-refractivity contribution in [2.45, 2.75) is 37.4 Å². The second-order valence-corrected chi connectivity index (χ2v) is 8.26. The third-order valence-corrected chi connectivity index (χ3v) is 6.25. The lowest BCUT2D eigenvalue weighted by atomic mass is 9.78. The number of ketones is 2. The summed E-state index contributed by atoms with van der Waals surface area (Å²) in [5.41, 5.74) is -3.81. The summed E-state index contributed by atoms with van der Waals surface area (Å²) in [6.45, 7) is 0.294. The molecule has 2 aliphatic rings. The van der Waals surface area contributed by atoms with Crippen molar-refractivity contribution < 1.29 is 69.8 Å². The normalized spacial score (nSPS) is 25.3. The van der Waals surface area contributed by atoms with Crippen molar-refractivity contribution in [3.05, 3.63) is 39.4 Å². The van der Waals surface area contributed by atoms with E-state index in [9.17, 15) is 55.2 Å². The molecule has 192 valence electrons. The van der Waals surface area contributed by atoms with E-state index in [1.54, 1.807) is 0 Å². The van der Waals surface area contributed by atoms with Crippen LogP contribution in [-0.2, 0) is 4.74 Å². The molecule has 4 rings (SSSR count). The molecule has 1 aliphatic heterocycles. The van der Waals surface area contributed by atoms with Gasteiger partial charge in [-0.1, -0.05) is 0 Å². The lowest BCUT2D eigenvalue weighted by Gasteiger charge is -2.40. The lowest BCUT2D eigenvalue weighted by Crippen LogP contribution is -2.55. The third-order valence-electron chi connectivity index (χ3n) is 6.25. The van der Waals surface area contributed by atoms with E-state index in [0.29, 0.717) is 0 Å². The number of carbonyl (C=O) groups excluding carboxylic acids is 2. The van der Waals surface area contributed by atoms with Crippen molar-refractivity contribution in [2.24, 2.45) is 0 Å². The van der Waals surface area contributed by atoms with Crippen LogP contribution in [-0.4, -0.2) is 94.7 Å². The van der Waals surface area contributed by atoms with Gasteiger partial charge >= 0.3 is 6.16 Å². The number of carbonyl (C=O) groups is 3. The Morgan fingerprint density at radius 3 is 2.11 bits per heavy atom. The first kappa shape index (κ1) is 25.2. The monoisotopic (exact) mass is 508 g/mol. The minimum atomic E-state index is -2.03. The molecule has 14 heteroatoms. The van der Waals surface area contributed by atoms with E-state index in [1.807, 2.05) is 0 Å². The highest BCUT2D eigenvalue weighted by Crippen LogP contribution is 2.52. The number of hydrogen-bond donors (Lipinski definition) is 9. The Morgan fingerprint density at radius 2 is 1.53 bits per heavy atom. The molecular formula is C22H20O14. The van der Waals surface area contributed by atoms with E-state index < -0.39 is 111 Å². The van der Waals surface area contributed by atoms with Crippen LogP contribution in [0.1, 0.15) is 49.1 Å². The van der Waals surface area contributed by atoms with Crippen LogP contribution in [0.5, 0.6) is 28.7 Å². The summed E-state index contributed by atoms with van der Waals surface area (Å²) >= 11 is 0. The van der Waals surface area contributed by atoms with Crippen molar-refractivity contribution in [3.63, 3.8) is 0 Å². The Labute approximate surface area is 200 Å². The van der Waals surface area contributed by atoms with Gasteiger partial charge in [0, 0.05) is 16.7 Å². The minimum absolute atomic E-state index is 0.294. The standard InChI is InChI=1S/C22H20O14/c1-4-8-5(2-6(24)20(4)36-22(33)34)12(25)9-10(14(8)27)15(28)11(17(30)16(9)29)21-19(32)18(31)13(26)7(3-23)35-21/h2,7,13,18-19,21,23-24,26,28-32H,3H2,1H3,(H,33,34)/t7-,13-,18+,19-,21+/m1/s1. The number of hydrogen-bond acceptors (Lipinski definition) is 13. The van der Waals surface area contributed by atoms with Gasteiger partial charge < -0.3 is 55.4 Å². The number of fused-ring (bicyclic) bond motifs is 2. The van der Waals surface area contributed by atoms with Crippen molar-refractivity contribution in [3.8, 4) is 28.7 Å². The molecule has 1 heterocycles. The van der Waals surface area contributed by atoms with Crippen LogP contribution in [0, 0.1) is 6.92 Å². The van der Waals surface area contributed by atoms with Gasteiger partial charge in [-0.15, -0.1) is 0 Å². The number of ether oxygens (including phenoxy) is 2. The summed E-state index contributed by atoms with van der Waals surface area (Å²) in [6, 6.07) is 0.725. The largest absolute Gasteiger partial charge is 0.511 e. The van der Waals surface area contributed by atoms with Gasteiger partial charge in [0.05, 0.1) is 23.3 Å². The van der Waals surface area contributed by atoms with E-state index >= 15 is 0 Å². The number of aliphatic hydroxyl groups excluding tert-OH is 4. The van der Waals surface area contributed by atoms with Crippen LogP contribution < -0.4 is 4.74 Å². The SMILES string of the molecule is Cc1c(OC(=O)O)c(O)cc2c1C(=O)c1c(O)c([C@@H]3O[C@H](CO)[C@@H](O)[C@H](O)[C@H]3O)c(O)c(O)c1C2=O. The number of aromatic hydroxyl groups is 4. The van der Waals surface area contributed by atoms with Crippen LogP contribution in [0.3, 0.4) is 0 Å². The average molecular weight is 508 g/mol. The molecule has 0 unspecified atom stereocenters. The van der Waals surface area contributed by atoms with Crippen LogP contribution in [0.2, 0.25) is 0 Å². The molecule has 2 aromatic rings. The molecule has 0 radical (unpaired) electrons. The predicted octanol–water partition coefficient (Wildman–Crippen LogP) is -0.835. The van der Waals surface area contributed by atoms with E-state index in [2.05, 4.69) is 4.74 Å². The molecule has 5 atom stereocenters. The maximum Gasteiger partial charge on any atom is 0.511 e. The fourth-order valence-electron chi connectivity index (χ4n) is 4.51. The first-order valence-corrected chi connectivity index (χ1v) is 10.3. The smallest absolute Gasteiger partial charge is 0.507 e. The number of phenols is 4. The van der Waals surface area contributed by atoms with E-state index in [1.165, 1.54) is 0 Å². The maximum atomic E-state index is 13.4. The molecule has 0 amide bonds. The number of carboxylic acid groups (broad SMARTS) is 1. The Balaban J connectivity index is 1.96. The lowest BCUT2D eigenvalue weighted by molar-refractivity contribution is -0.232. The van der Waals surface area contributed by atoms with Gasteiger partial charge in [0.15, 0.2) is 34.6 Å². The Morgan fingerprint density at radius 1 is 0.917 bits per heavy atom. The first-order chi connectivity index (χ1) is 16.8. The van der Waals surface area contributed by atoms with Crippen molar-refractivity contribution in [1.82, 2.24) is 0 Å². The molecule has 0 saturated carbocycles. The van der Waals surface area contributed by atoms with Crippen molar-refractivity contribution >= 4 is 17.7 Å². The highest BCUT2D eigenvalue weighted by molar-refractivity contribution is 6.31. The summed E-state index contributed by atoms with van der Waals surface area (Å²) in [7, 11) is 0. The van der Waals surface area contributed by atoms with Gasteiger partial charge in [-0.25, -0.2) is 4.79 Å². The maximum absolute atomic E-state index is 13.4. The van der Waals surface area contributed by atoms with Gasteiger partial charge in [0.25, 0.3) is 0 Å². The summed E-state index contributed by atoms with van der Waals surface area (Å²) in [4.78, 5) is 37.6. The van der Waals surface area contributed by atoms with Gasteiger partial charge in [0.1, 0.15) is 36.3 Å². The summed E-state index contributed by atoms with van der Waals surface area (Å²) in [6.07, 6.45) is -11.0. The van der Waals surface area contributed by atoms with Crippen LogP contribution in [0.15, 0.2) is 6.07 Å². The fourth-order valence-corrected chi connectivity index (χ4v) is 4.51. The van der Waals surface area contributed by atoms with E-state index in [-0.39, 0.29) is 5.56 Å². The third kappa shape index (κ3) is 3.42. The number of phenolic OH excluding ortho intramolecular Hbond substituents is 4. The first-order valence-electron chi connectivity index (χ1n) is 10.3. The summed E-state index contributed by atoms with van der Waals surface area (Å²) in [5.74, 6) is -7.31. The van der Waals surface area contributed by atoms with Crippen LogP contribution in [0.25, 0.3) is 0 Å². The van der Waals surface area contributed by atoms with Crippen molar-refractivity contribution in [2.75, 3.05) is 6.61 Å². The molecule has 1 aliphatic carbocycles. The molecule has 0 aromatic heterocycles. The number of rotatable bonds is 3. The Bertz CT molecular complexity index is 1310. The second kappa shape index (κ2) is 8.61. The zero-order chi connectivity index (χ0) is 26.8. The van der Waals surface area contributed by atoms with Gasteiger partial charge in [0.2, 0.25) is 0 Å². The molecule has 14 nitrogen and oxygen atoms in total. The zero-order valence-electron chi connectivity index (χ0n) is 18.2. The number of benzene rings is 2. The average Bonchev–Trinajstić information content (AvgIpc) is 2.81. The minimum Gasteiger partial charge on any atom is -0.507 e. The number of aliphatic hydroxyl groups is 4. The topological polar surface area (TPSA) is 252 Å². The highest BCUT2D eigenvalue weighted by atomic mass is 16.7. The molecule has 1 saturated heterocycles. The quantitative estimate of drug-likeness (QED) is 0.0906. The molecule has 1 fully saturated rings. The summed E-state index contributed by atoms with van der Waals surface area (Å²) < 4.78 is 9.79. The van der Waals surface area contributed by atoms with Gasteiger partial charge in [-0.05, 0) is 13.0 Å². The Hall–Kier alpha value is -3.95. The molecule has 36 heavy (non-hydrogen) atoms. The van der Waals surface area contributed by atoms with E-state index in [4.69, 9.17) is 9.84 Å². The molecule has 0 bridgehead atoms. The summed E-state index contributed by atoms with van der Waals surface area (Å²) in [5, 5.41) is 91.2. The highest BCUT2D eigenvalue weighted by Gasteiger charge is 2.48. The van der Waals surface area contributed by atoms with Gasteiger partial charge in [-0.2, -0.15) is 0 Å².